The fourth-order valence-corrected chi connectivity index (χ4v) is 2.36. The molecule has 0 saturated heterocycles. The molecule has 1 heterocycles. The molecular formula is C18H16FN5. The van der Waals surface area contributed by atoms with E-state index in [2.05, 4.69) is 15.3 Å². The van der Waals surface area contributed by atoms with Crippen molar-refractivity contribution in [3.63, 3.8) is 0 Å². The Hall–Kier alpha value is -3.28. The van der Waals surface area contributed by atoms with Crippen molar-refractivity contribution in [2.45, 2.75) is 6.92 Å². The first kappa shape index (κ1) is 15.6. The maximum absolute atomic E-state index is 13.3. The summed E-state index contributed by atoms with van der Waals surface area (Å²) in [6.07, 6.45) is 2.84. The normalized spacial score (nSPS) is 10.4. The molecule has 0 saturated carbocycles. The van der Waals surface area contributed by atoms with E-state index in [1.54, 1.807) is 30.5 Å². The smallest absolute Gasteiger partial charge is 0.161 e. The second kappa shape index (κ2) is 6.45. The van der Waals surface area contributed by atoms with E-state index in [4.69, 9.17) is 11.1 Å². The van der Waals surface area contributed by atoms with Crippen molar-refractivity contribution >= 4 is 23.4 Å². The van der Waals surface area contributed by atoms with Gasteiger partial charge in [0.2, 0.25) is 0 Å². The summed E-state index contributed by atoms with van der Waals surface area (Å²) < 4.78 is 13.3. The lowest BCUT2D eigenvalue weighted by Gasteiger charge is -2.10. The van der Waals surface area contributed by atoms with Crippen LogP contribution in [0.15, 0.2) is 48.7 Å². The van der Waals surface area contributed by atoms with Crippen LogP contribution in [0.1, 0.15) is 11.1 Å². The summed E-state index contributed by atoms with van der Waals surface area (Å²) >= 11 is 0. The van der Waals surface area contributed by atoms with E-state index in [1.807, 2.05) is 13.0 Å². The van der Waals surface area contributed by atoms with Crippen LogP contribution < -0.4 is 11.1 Å². The van der Waals surface area contributed by atoms with Crippen LogP contribution in [0.2, 0.25) is 0 Å². The van der Waals surface area contributed by atoms with Gasteiger partial charge in [-0.15, -0.1) is 0 Å². The maximum Gasteiger partial charge on any atom is 0.161 e. The van der Waals surface area contributed by atoms with Crippen LogP contribution in [0, 0.1) is 18.2 Å². The maximum atomic E-state index is 13.3. The number of rotatable bonds is 4. The van der Waals surface area contributed by atoms with E-state index in [9.17, 15) is 4.39 Å². The predicted octanol–water partition coefficient (Wildman–Crippen LogP) is 3.91. The fraction of sp³-hybridized carbons (Fsp3) is 0.0556. The van der Waals surface area contributed by atoms with E-state index in [0.29, 0.717) is 22.9 Å². The number of aryl methyl sites for hydroxylation is 1. The largest absolute Gasteiger partial charge is 0.398 e. The summed E-state index contributed by atoms with van der Waals surface area (Å²) in [5.41, 5.74) is 9.27. The van der Waals surface area contributed by atoms with Crippen LogP contribution in [0.5, 0.6) is 0 Å². The highest BCUT2D eigenvalue weighted by atomic mass is 19.1. The topological polar surface area (TPSA) is 87.7 Å². The van der Waals surface area contributed by atoms with Gasteiger partial charge >= 0.3 is 0 Å². The van der Waals surface area contributed by atoms with E-state index >= 15 is 0 Å². The molecule has 4 N–H and O–H groups in total. The average molecular weight is 321 g/mol. The highest BCUT2D eigenvalue weighted by Crippen LogP contribution is 2.23. The number of nitrogen functional groups attached to an aromatic ring is 1. The van der Waals surface area contributed by atoms with Gasteiger partial charge in [-0.05, 0) is 55.0 Å². The van der Waals surface area contributed by atoms with E-state index in [-0.39, 0.29) is 5.82 Å². The van der Waals surface area contributed by atoms with Crippen LogP contribution >= 0.6 is 0 Å². The van der Waals surface area contributed by atoms with Crippen molar-refractivity contribution in [3.8, 4) is 11.4 Å². The van der Waals surface area contributed by atoms with Gasteiger partial charge in [0.1, 0.15) is 11.6 Å². The highest BCUT2D eigenvalue weighted by molar-refractivity contribution is 5.87. The second-order valence-electron chi connectivity index (χ2n) is 5.34. The molecule has 0 spiro atoms. The predicted molar refractivity (Wildman–Crippen MR) is 94.2 cm³/mol. The molecule has 0 aliphatic carbocycles. The Kier molecular flexibility index (Phi) is 4.20. The Labute approximate surface area is 138 Å². The molecule has 0 atom stereocenters. The Morgan fingerprint density at radius 1 is 1.17 bits per heavy atom. The summed E-state index contributed by atoms with van der Waals surface area (Å²) in [6.45, 7) is 1.82. The van der Waals surface area contributed by atoms with Crippen LogP contribution in [0.4, 0.5) is 21.6 Å². The van der Waals surface area contributed by atoms with Gasteiger partial charge in [-0.25, -0.2) is 14.4 Å². The van der Waals surface area contributed by atoms with Gasteiger partial charge in [0, 0.05) is 34.9 Å². The standard InChI is InChI=1S/C18H16FN5/c1-11-8-13(19)2-4-15(11)18-22-7-6-17(24-18)23-14-3-5-16(21)12(9-14)10-20/h2-10,20H,21H2,1H3,(H,22,23,24). The van der Waals surface area contributed by atoms with Crippen LogP contribution in [-0.2, 0) is 0 Å². The van der Waals surface area contributed by atoms with Crippen LogP contribution in [-0.4, -0.2) is 16.2 Å². The van der Waals surface area contributed by atoms with Gasteiger partial charge in [0.15, 0.2) is 5.82 Å². The van der Waals surface area contributed by atoms with Gasteiger partial charge in [0.05, 0.1) is 0 Å². The third-order valence-electron chi connectivity index (χ3n) is 3.60. The fourth-order valence-electron chi connectivity index (χ4n) is 2.36. The molecule has 120 valence electrons. The first-order chi connectivity index (χ1) is 11.6. The van der Waals surface area contributed by atoms with Gasteiger partial charge in [0.25, 0.3) is 0 Å². The molecule has 0 aliphatic rings. The Morgan fingerprint density at radius 2 is 2.00 bits per heavy atom. The lowest BCUT2D eigenvalue weighted by molar-refractivity contribution is 0.627. The number of anilines is 3. The molecule has 0 unspecified atom stereocenters. The van der Waals surface area contributed by atoms with Crippen LogP contribution in [0.3, 0.4) is 0 Å². The van der Waals surface area contributed by atoms with Crippen molar-refractivity contribution in [2.24, 2.45) is 0 Å². The minimum Gasteiger partial charge on any atom is -0.398 e. The molecule has 0 fully saturated rings. The molecule has 0 radical (unpaired) electrons. The lowest BCUT2D eigenvalue weighted by Crippen LogP contribution is -1.99. The molecule has 2 aromatic carbocycles. The molecule has 5 nitrogen and oxygen atoms in total. The van der Waals surface area contributed by atoms with Gasteiger partial charge < -0.3 is 16.5 Å². The molecule has 6 heteroatoms. The zero-order chi connectivity index (χ0) is 17.1. The van der Waals surface area contributed by atoms with Crippen LogP contribution in [0.25, 0.3) is 11.4 Å². The average Bonchev–Trinajstić information content (AvgIpc) is 2.57. The monoisotopic (exact) mass is 321 g/mol. The minimum atomic E-state index is -0.286. The number of benzene rings is 2. The number of nitrogens with two attached hydrogens (primary N) is 1. The number of nitrogens with one attached hydrogen (secondary N) is 2. The Balaban J connectivity index is 1.92. The third kappa shape index (κ3) is 3.22. The van der Waals surface area contributed by atoms with Crippen molar-refractivity contribution < 1.29 is 4.39 Å². The van der Waals surface area contributed by atoms with E-state index in [1.165, 1.54) is 18.3 Å². The van der Waals surface area contributed by atoms with Crippen molar-refractivity contribution in [3.05, 3.63) is 65.6 Å². The number of aromatic nitrogens is 2. The number of nitrogens with zero attached hydrogens (tertiary/aromatic N) is 2. The van der Waals surface area contributed by atoms with E-state index < -0.39 is 0 Å². The SMILES string of the molecule is Cc1cc(F)ccc1-c1nccc(Nc2ccc(N)c(C=N)c2)n1. The molecule has 24 heavy (non-hydrogen) atoms. The number of hydrogen-bond donors (Lipinski definition) is 3. The van der Waals surface area contributed by atoms with Crippen molar-refractivity contribution in [2.75, 3.05) is 11.1 Å². The summed E-state index contributed by atoms with van der Waals surface area (Å²) in [7, 11) is 0. The summed E-state index contributed by atoms with van der Waals surface area (Å²) in [5, 5.41) is 10.5. The van der Waals surface area contributed by atoms with Crippen molar-refractivity contribution in [1.29, 1.82) is 5.41 Å². The molecule has 0 amide bonds. The molecule has 3 rings (SSSR count). The van der Waals surface area contributed by atoms with Gasteiger partial charge in [-0.2, -0.15) is 0 Å². The zero-order valence-electron chi connectivity index (χ0n) is 13.0. The molecule has 0 aliphatic heterocycles. The number of halogens is 1. The summed E-state index contributed by atoms with van der Waals surface area (Å²) in [4.78, 5) is 8.73. The first-order valence-corrected chi connectivity index (χ1v) is 7.33. The quantitative estimate of drug-likeness (QED) is 0.502. The van der Waals surface area contributed by atoms with Gasteiger partial charge in [-0.1, -0.05) is 0 Å². The molecular weight excluding hydrogens is 305 g/mol. The highest BCUT2D eigenvalue weighted by Gasteiger charge is 2.08. The Morgan fingerprint density at radius 3 is 2.75 bits per heavy atom. The number of hydrogen-bond acceptors (Lipinski definition) is 5. The third-order valence-corrected chi connectivity index (χ3v) is 3.60. The van der Waals surface area contributed by atoms with E-state index in [0.717, 1.165) is 16.8 Å². The summed E-state index contributed by atoms with van der Waals surface area (Å²) in [6, 6.07) is 11.6. The molecule has 1 aromatic heterocycles. The second-order valence-corrected chi connectivity index (χ2v) is 5.34. The Bertz CT molecular complexity index is 908. The molecule has 0 bridgehead atoms. The molecule has 3 aromatic rings. The van der Waals surface area contributed by atoms with Crippen molar-refractivity contribution in [1.82, 2.24) is 9.97 Å². The first-order valence-electron chi connectivity index (χ1n) is 7.33. The minimum absolute atomic E-state index is 0.286. The zero-order valence-corrected chi connectivity index (χ0v) is 13.0. The van der Waals surface area contributed by atoms with Gasteiger partial charge in [-0.3, -0.25) is 0 Å². The summed E-state index contributed by atoms with van der Waals surface area (Å²) in [5.74, 6) is 0.830. The lowest BCUT2D eigenvalue weighted by atomic mass is 10.1.